The van der Waals surface area contributed by atoms with Crippen LogP contribution in [0.5, 0.6) is 0 Å². The minimum atomic E-state index is -1.23. The van der Waals surface area contributed by atoms with Gasteiger partial charge in [0.15, 0.2) is 0 Å². The molecule has 0 rings (SSSR count). The molecule has 17 heteroatoms. The van der Waals surface area contributed by atoms with Crippen LogP contribution in [-0.4, -0.2) is 140 Å². The van der Waals surface area contributed by atoms with Crippen LogP contribution in [0.1, 0.15) is 218 Å². The van der Waals surface area contributed by atoms with E-state index >= 15 is 0 Å². The van der Waals surface area contributed by atoms with Gasteiger partial charge in [-0.2, -0.15) is 0 Å². The highest BCUT2D eigenvalue weighted by atomic mass is 16.4. The second-order valence-electron chi connectivity index (χ2n) is 19.0. The van der Waals surface area contributed by atoms with Crippen LogP contribution >= 0.6 is 0 Å². The highest BCUT2D eigenvalue weighted by Gasteiger charge is 2.40. The summed E-state index contributed by atoms with van der Waals surface area (Å²) in [6.45, 7) is -2.76. The van der Waals surface area contributed by atoms with Crippen molar-refractivity contribution in [3.63, 3.8) is 0 Å². The van der Waals surface area contributed by atoms with E-state index in [1.807, 2.05) is 0 Å². The molecule has 0 fully saturated rings. The number of carboxylic acids is 5. The van der Waals surface area contributed by atoms with Crippen LogP contribution in [0.2, 0.25) is 0 Å². The van der Waals surface area contributed by atoms with Crippen LogP contribution in [0.3, 0.4) is 0 Å². The second kappa shape index (κ2) is 42.3. The quantitative estimate of drug-likeness (QED) is 0.0282. The monoisotopic (exact) mass is 956 g/mol. The first-order valence-corrected chi connectivity index (χ1v) is 25.9. The van der Waals surface area contributed by atoms with Gasteiger partial charge in [0.1, 0.15) is 0 Å². The number of rotatable bonds is 52. The molecule has 390 valence electrons. The molecule has 0 bridgehead atoms. The Bertz CT molecular complexity index is 1270. The molecule has 0 saturated heterocycles. The van der Waals surface area contributed by atoms with E-state index in [1.54, 1.807) is 4.90 Å². The number of hydrogen-bond donors (Lipinski definition) is 7. The topological polar surface area (TPSA) is 282 Å². The fourth-order valence-electron chi connectivity index (χ4n) is 9.22. The molecule has 0 aliphatic carbocycles. The molecular weight excluding hydrogens is 863 g/mol. The van der Waals surface area contributed by atoms with Crippen molar-refractivity contribution in [3.05, 3.63) is 0 Å². The van der Waals surface area contributed by atoms with E-state index in [9.17, 15) is 59.1 Å². The molecule has 0 aliphatic heterocycles. The predicted octanol–water partition coefficient (Wildman–Crippen LogP) is 8.29. The van der Waals surface area contributed by atoms with E-state index in [4.69, 9.17) is 11.5 Å². The Morgan fingerprint density at radius 2 is 0.537 bits per heavy atom. The summed E-state index contributed by atoms with van der Waals surface area (Å²) >= 11 is 0. The first-order chi connectivity index (χ1) is 32.1. The van der Waals surface area contributed by atoms with E-state index in [0.717, 1.165) is 103 Å². The number of primary amides is 2. The molecule has 0 atom stereocenters. The predicted molar refractivity (Wildman–Crippen MR) is 261 cm³/mol. The number of unbranched alkanes of at least 4 members (excludes halogenated alkanes) is 28. The van der Waals surface area contributed by atoms with E-state index in [2.05, 4.69) is 0 Å². The number of carboxylic acid groups (broad SMARTS) is 5. The van der Waals surface area contributed by atoms with E-state index in [1.165, 1.54) is 86.8 Å². The Morgan fingerprint density at radius 3 is 0.791 bits per heavy atom. The standard InChI is InChI=1S/C50H93N5O12/c51-43(56)31-27-23-19-15-11-7-3-1-5-9-13-17-21-25-29-33-50(55(40-48(64)65)41-49(66)67,42-54(39-47(62)63)36-35-53(37-45(58)59)38-46(60)61)34-30-26-22-18-14-10-6-2-4-8-12-16-20-24-28-32-44(52)57/h1-42H2,(H2,51,56)(H2,52,57)(H,58,59)(H,60,61)(H,62,63)(H,64,65)(H,66,67). The lowest BCUT2D eigenvalue weighted by Gasteiger charge is -2.46. The second-order valence-corrected chi connectivity index (χ2v) is 19.0. The minimum Gasteiger partial charge on any atom is -0.480 e. The summed E-state index contributed by atoms with van der Waals surface area (Å²) < 4.78 is 0. The lowest BCUT2D eigenvalue weighted by molar-refractivity contribution is -0.147. The summed E-state index contributed by atoms with van der Waals surface area (Å²) in [5.41, 5.74) is 9.38. The summed E-state index contributed by atoms with van der Waals surface area (Å²) in [5, 5.41) is 48.9. The van der Waals surface area contributed by atoms with E-state index < -0.39 is 68.1 Å². The number of amides is 2. The summed E-state index contributed by atoms with van der Waals surface area (Å²) in [4.78, 5) is 85.9. The lowest BCUT2D eigenvalue weighted by Crippen LogP contribution is -2.59. The van der Waals surface area contributed by atoms with Crippen molar-refractivity contribution in [2.75, 3.05) is 52.4 Å². The Kier molecular flexibility index (Phi) is 39.9. The molecule has 0 unspecified atom stereocenters. The van der Waals surface area contributed by atoms with Crippen molar-refractivity contribution < 1.29 is 59.1 Å². The molecule has 0 aromatic carbocycles. The zero-order valence-corrected chi connectivity index (χ0v) is 41.3. The molecule has 0 aromatic heterocycles. The SMILES string of the molecule is NC(=O)CCCCCCCCCCCCCCCCCC(CCCCCCCCCCCCCCCCCC(N)=O)(CN(CCN(CC(=O)O)CC(=O)O)CC(=O)O)N(CC(=O)O)CC(=O)O. The summed E-state index contributed by atoms with van der Waals surface area (Å²) in [6.07, 6.45) is 33.9. The molecule has 0 radical (unpaired) electrons. The maximum Gasteiger partial charge on any atom is 0.317 e. The molecular formula is C50H93N5O12. The van der Waals surface area contributed by atoms with Crippen molar-refractivity contribution in [2.45, 2.75) is 224 Å². The van der Waals surface area contributed by atoms with Gasteiger partial charge in [-0.05, 0) is 25.7 Å². The van der Waals surface area contributed by atoms with Crippen LogP contribution in [0.25, 0.3) is 0 Å². The fraction of sp³-hybridized carbons (Fsp3) is 0.860. The van der Waals surface area contributed by atoms with Crippen molar-refractivity contribution >= 4 is 41.7 Å². The van der Waals surface area contributed by atoms with Crippen molar-refractivity contribution in [3.8, 4) is 0 Å². The Hall–Kier alpha value is -3.83. The zero-order chi connectivity index (χ0) is 50.0. The average molecular weight is 956 g/mol. The van der Waals surface area contributed by atoms with Gasteiger partial charge in [-0.1, -0.05) is 180 Å². The van der Waals surface area contributed by atoms with Gasteiger partial charge in [0.2, 0.25) is 11.8 Å². The molecule has 0 heterocycles. The van der Waals surface area contributed by atoms with Crippen molar-refractivity contribution in [2.24, 2.45) is 11.5 Å². The lowest BCUT2D eigenvalue weighted by atomic mass is 9.83. The minimum absolute atomic E-state index is 0.0145. The maximum absolute atomic E-state index is 12.3. The van der Waals surface area contributed by atoms with Gasteiger partial charge in [0.25, 0.3) is 0 Å². The summed E-state index contributed by atoms with van der Waals surface area (Å²) in [5.74, 6) is -6.48. The first kappa shape index (κ1) is 63.2. The first-order valence-electron chi connectivity index (χ1n) is 25.9. The Morgan fingerprint density at radius 1 is 0.313 bits per heavy atom. The van der Waals surface area contributed by atoms with E-state index in [-0.39, 0.29) is 31.4 Å². The van der Waals surface area contributed by atoms with E-state index in [0.29, 0.717) is 38.5 Å². The molecule has 0 aliphatic rings. The van der Waals surface area contributed by atoms with Crippen LogP contribution in [0.4, 0.5) is 0 Å². The molecule has 2 amide bonds. The molecule has 67 heavy (non-hydrogen) atoms. The van der Waals surface area contributed by atoms with Crippen LogP contribution < -0.4 is 11.5 Å². The Balaban J connectivity index is 5.55. The Labute approximate surface area is 402 Å². The zero-order valence-electron chi connectivity index (χ0n) is 41.3. The summed E-state index contributed by atoms with van der Waals surface area (Å²) in [7, 11) is 0. The van der Waals surface area contributed by atoms with Crippen molar-refractivity contribution in [1.29, 1.82) is 0 Å². The largest absolute Gasteiger partial charge is 0.480 e. The van der Waals surface area contributed by atoms with Gasteiger partial charge >= 0.3 is 29.8 Å². The number of carbonyl (C=O) groups is 7. The number of nitrogens with zero attached hydrogens (tertiary/aromatic N) is 3. The van der Waals surface area contributed by atoms with Crippen LogP contribution in [-0.2, 0) is 33.6 Å². The van der Waals surface area contributed by atoms with Crippen LogP contribution in [0, 0.1) is 0 Å². The highest BCUT2D eigenvalue weighted by molar-refractivity contribution is 5.74. The number of nitrogens with two attached hydrogens (primary N) is 2. The third-order valence-corrected chi connectivity index (χ3v) is 12.8. The van der Waals surface area contributed by atoms with Crippen molar-refractivity contribution in [1.82, 2.24) is 14.7 Å². The molecule has 17 nitrogen and oxygen atoms in total. The fourth-order valence-corrected chi connectivity index (χ4v) is 9.22. The number of carbonyl (C=O) groups excluding carboxylic acids is 2. The molecule has 0 saturated carbocycles. The third-order valence-electron chi connectivity index (χ3n) is 12.8. The maximum atomic E-state index is 12.3. The van der Waals surface area contributed by atoms with Gasteiger partial charge in [0, 0.05) is 38.0 Å². The van der Waals surface area contributed by atoms with Gasteiger partial charge < -0.3 is 37.0 Å². The molecule has 0 aromatic rings. The average Bonchev–Trinajstić information content (AvgIpc) is 3.23. The number of hydrogen-bond acceptors (Lipinski definition) is 10. The molecule has 0 spiro atoms. The van der Waals surface area contributed by atoms with Gasteiger partial charge in [0.05, 0.1) is 32.7 Å². The number of aliphatic carboxylic acids is 5. The van der Waals surface area contributed by atoms with Gasteiger partial charge in [-0.15, -0.1) is 0 Å². The smallest absolute Gasteiger partial charge is 0.317 e. The van der Waals surface area contributed by atoms with Gasteiger partial charge in [-0.25, -0.2) is 0 Å². The third kappa shape index (κ3) is 40.9. The highest BCUT2D eigenvalue weighted by Crippen LogP contribution is 2.32. The van der Waals surface area contributed by atoms with Gasteiger partial charge in [-0.3, -0.25) is 48.3 Å². The normalized spacial score (nSPS) is 11.7. The summed E-state index contributed by atoms with van der Waals surface area (Å²) in [6, 6.07) is 0. The molecule has 9 N–H and O–H groups in total. The van der Waals surface area contributed by atoms with Crippen LogP contribution in [0.15, 0.2) is 0 Å².